The van der Waals surface area contributed by atoms with E-state index in [-0.39, 0.29) is 5.91 Å². The Labute approximate surface area is 108 Å². The summed E-state index contributed by atoms with van der Waals surface area (Å²) < 4.78 is 2.08. The Bertz CT molecular complexity index is 422. The van der Waals surface area contributed by atoms with E-state index in [1.54, 1.807) is 6.20 Å². The minimum Gasteiger partial charge on any atom is -0.353 e. The maximum atomic E-state index is 11.8. The normalized spacial score (nSPS) is 18.8. The van der Waals surface area contributed by atoms with Crippen molar-refractivity contribution in [2.24, 2.45) is 0 Å². The van der Waals surface area contributed by atoms with Gasteiger partial charge >= 0.3 is 0 Å². The van der Waals surface area contributed by atoms with Crippen LogP contribution in [0.5, 0.6) is 0 Å². The van der Waals surface area contributed by atoms with Crippen LogP contribution in [0.3, 0.4) is 0 Å². The molecule has 4 heteroatoms. The lowest BCUT2D eigenvalue weighted by atomic mass is 10.0. The number of hydrogen-bond donors (Lipinski definition) is 1. The van der Waals surface area contributed by atoms with Crippen LogP contribution in [0.1, 0.15) is 37.9 Å². The minimum absolute atomic E-state index is 0.174. The highest BCUT2D eigenvalue weighted by Crippen LogP contribution is 2.10. The number of carbonyl (C=O) groups is 1. The number of amides is 1. The lowest BCUT2D eigenvalue weighted by Crippen LogP contribution is -2.35. The van der Waals surface area contributed by atoms with Crippen molar-refractivity contribution in [2.75, 3.05) is 0 Å². The predicted molar refractivity (Wildman–Crippen MR) is 71.1 cm³/mol. The summed E-state index contributed by atoms with van der Waals surface area (Å²) in [6, 6.07) is 0.345. The Hall–Kier alpha value is -1.58. The van der Waals surface area contributed by atoms with E-state index in [1.165, 1.54) is 0 Å². The van der Waals surface area contributed by atoms with Crippen LogP contribution in [0, 0.1) is 6.92 Å². The van der Waals surface area contributed by atoms with E-state index in [1.807, 2.05) is 13.1 Å². The molecule has 1 aromatic rings. The number of aromatic nitrogens is 2. The van der Waals surface area contributed by atoms with Gasteiger partial charge in [-0.05, 0) is 32.6 Å². The first kappa shape index (κ1) is 12.9. The van der Waals surface area contributed by atoms with E-state index >= 15 is 0 Å². The van der Waals surface area contributed by atoms with Crippen molar-refractivity contribution in [3.8, 4) is 0 Å². The van der Waals surface area contributed by atoms with Crippen molar-refractivity contribution in [3.05, 3.63) is 30.4 Å². The fourth-order valence-corrected chi connectivity index (χ4v) is 2.27. The van der Waals surface area contributed by atoms with Crippen molar-refractivity contribution in [1.82, 2.24) is 14.9 Å². The van der Waals surface area contributed by atoms with Crippen LogP contribution >= 0.6 is 0 Å². The lowest BCUT2D eigenvalue weighted by molar-refractivity contribution is -0.122. The highest BCUT2D eigenvalue weighted by molar-refractivity contribution is 5.76. The van der Waals surface area contributed by atoms with Gasteiger partial charge in [-0.15, -0.1) is 0 Å². The summed E-state index contributed by atoms with van der Waals surface area (Å²) in [5.74, 6) is 1.18. The molecule has 0 aromatic carbocycles. The molecule has 1 atom stereocenters. The number of nitrogens with zero attached hydrogens (tertiary/aromatic N) is 2. The minimum atomic E-state index is 0.174. The van der Waals surface area contributed by atoms with E-state index in [2.05, 4.69) is 27.0 Å². The molecular weight excluding hydrogens is 226 g/mol. The number of hydrogen-bond acceptors (Lipinski definition) is 2. The highest BCUT2D eigenvalue weighted by Gasteiger charge is 2.12. The average molecular weight is 247 g/mol. The summed E-state index contributed by atoms with van der Waals surface area (Å²) in [5, 5.41) is 3.10. The maximum absolute atomic E-state index is 11.8. The first-order valence-electron chi connectivity index (χ1n) is 6.68. The molecule has 0 spiro atoms. The topological polar surface area (TPSA) is 46.9 Å². The number of allylic oxidation sites excluding steroid dienone is 1. The van der Waals surface area contributed by atoms with Gasteiger partial charge in [-0.3, -0.25) is 4.79 Å². The Balaban J connectivity index is 1.66. The van der Waals surface area contributed by atoms with Gasteiger partial charge < -0.3 is 9.88 Å². The SMILES string of the molecule is Cc1nccn1CCCC(=O)NC1CC=CCC1. The summed E-state index contributed by atoms with van der Waals surface area (Å²) in [6.45, 7) is 2.85. The summed E-state index contributed by atoms with van der Waals surface area (Å²) in [7, 11) is 0. The van der Waals surface area contributed by atoms with Crippen LogP contribution in [0.15, 0.2) is 24.5 Å². The zero-order valence-electron chi connectivity index (χ0n) is 10.9. The van der Waals surface area contributed by atoms with Gasteiger partial charge in [0.1, 0.15) is 5.82 Å². The van der Waals surface area contributed by atoms with Gasteiger partial charge in [0.2, 0.25) is 5.91 Å². The molecule has 1 aromatic heterocycles. The maximum Gasteiger partial charge on any atom is 0.220 e. The Morgan fingerprint density at radius 1 is 1.56 bits per heavy atom. The fraction of sp³-hybridized carbons (Fsp3) is 0.571. The standard InChI is InChI=1S/C14H21N3O/c1-12-15-9-11-17(12)10-5-8-14(18)16-13-6-3-2-4-7-13/h2-3,9,11,13H,4-8,10H2,1H3,(H,16,18). The number of nitrogens with one attached hydrogen (secondary N) is 1. The molecule has 1 heterocycles. The summed E-state index contributed by atoms with van der Waals surface area (Å²) in [6.07, 6.45) is 12.7. The van der Waals surface area contributed by atoms with Gasteiger partial charge in [0.15, 0.2) is 0 Å². The van der Waals surface area contributed by atoms with Crippen molar-refractivity contribution < 1.29 is 4.79 Å². The molecule has 0 fully saturated rings. The quantitative estimate of drug-likeness (QED) is 0.811. The van der Waals surface area contributed by atoms with Gasteiger partial charge in [-0.25, -0.2) is 4.98 Å². The van der Waals surface area contributed by atoms with E-state index in [0.29, 0.717) is 12.5 Å². The molecule has 0 saturated heterocycles. The largest absolute Gasteiger partial charge is 0.353 e. The second kappa shape index (κ2) is 6.38. The average Bonchev–Trinajstić information content (AvgIpc) is 2.76. The number of carbonyl (C=O) groups excluding carboxylic acids is 1. The molecule has 1 aliphatic rings. The second-order valence-electron chi connectivity index (χ2n) is 4.82. The summed E-state index contributed by atoms with van der Waals surface area (Å²) in [4.78, 5) is 15.9. The third kappa shape index (κ3) is 3.72. The van der Waals surface area contributed by atoms with Gasteiger partial charge in [-0.1, -0.05) is 12.2 Å². The summed E-state index contributed by atoms with van der Waals surface area (Å²) in [5.41, 5.74) is 0. The van der Waals surface area contributed by atoms with E-state index in [9.17, 15) is 4.79 Å². The molecule has 1 aliphatic carbocycles. The Morgan fingerprint density at radius 3 is 3.11 bits per heavy atom. The van der Waals surface area contributed by atoms with Crippen LogP contribution in [-0.4, -0.2) is 21.5 Å². The molecule has 0 aliphatic heterocycles. The molecule has 0 bridgehead atoms. The van der Waals surface area contributed by atoms with Crippen molar-refractivity contribution in [2.45, 2.75) is 51.6 Å². The molecule has 0 radical (unpaired) electrons. The Kier molecular flexibility index (Phi) is 4.56. The first-order chi connectivity index (χ1) is 8.75. The predicted octanol–water partition coefficient (Wildman–Crippen LogP) is 2.20. The number of rotatable bonds is 5. The van der Waals surface area contributed by atoms with E-state index < -0.39 is 0 Å². The van der Waals surface area contributed by atoms with Crippen LogP contribution in [0.4, 0.5) is 0 Å². The highest BCUT2D eigenvalue weighted by atomic mass is 16.1. The molecule has 98 valence electrons. The Morgan fingerprint density at radius 2 is 2.44 bits per heavy atom. The van der Waals surface area contributed by atoms with Crippen LogP contribution in [0.2, 0.25) is 0 Å². The molecule has 1 amide bonds. The van der Waals surface area contributed by atoms with Gasteiger partial charge in [0.25, 0.3) is 0 Å². The van der Waals surface area contributed by atoms with Crippen LogP contribution in [-0.2, 0) is 11.3 Å². The van der Waals surface area contributed by atoms with Crippen molar-refractivity contribution in [1.29, 1.82) is 0 Å². The molecule has 4 nitrogen and oxygen atoms in total. The van der Waals surface area contributed by atoms with Gasteiger partial charge in [0.05, 0.1) is 0 Å². The number of aryl methyl sites for hydroxylation is 2. The van der Waals surface area contributed by atoms with E-state index in [4.69, 9.17) is 0 Å². The van der Waals surface area contributed by atoms with Gasteiger partial charge in [-0.2, -0.15) is 0 Å². The molecule has 1 unspecified atom stereocenters. The first-order valence-corrected chi connectivity index (χ1v) is 6.68. The zero-order valence-corrected chi connectivity index (χ0v) is 10.9. The van der Waals surface area contributed by atoms with Crippen molar-refractivity contribution in [3.63, 3.8) is 0 Å². The fourth-order valence-electron chi connectivity index (χ4n) is 2.27. The molecule has 2 rings (SSSR count). The van der Waals surface area contributed by atoms with Gasteiger partial charge in [0, 0.05) is 31.4 Å². The molecule has 18 heavy (non-hydrogen) atoms. The third-order valence-electron chi connectivity index (χ3n) is 3.36. The third-order valence-corrected chi connectivity index (χ3v) is 3.36. The second-order valence-corrected chi connectivity index (χ2v) is 4.82. The molecular formula is C14H21N3O. The number of imidazole rings is 1. The van der Waals surface area contributed by atoms with Crippen LogP contribution in [0.25, 0.3) is 0 Å². The monoisotopic (exact) mass is 247 g/mol. The van der Waals surface area contributed by atoms with E-state index in [0.717, 1.165) is 38.1 Å². The summed E-state index contributed by atoms with van der Waals surface area (Å²) >= 11 is 0. The zero-order chi connectivity index (χ0) is 12.8. The smallest absolute Gasteiger partial charge is 0.220 e. The lowest BCUT2D eigenvalue weighted by Gasteiger charge is -2.19. The van der Waals surface area contributed by atoms with Crippen LogP contribution < -0.4 is 5.32 Å². The van der Waals surface area contributed by atoms with Crippen molar-refractivity contribution >= 4 is 5.91 Å². The molecule has 0 saturated carbocycles. The molecule has 1 N–H and O–H groups in total.